The number of halogens is 1. The lowest BCUT2D eigenvalue weighted by atomic mass is 9.91. The fourth-order valence-electron chi connectivity index (χ4n) is 4.08. The van der Waals surface area contributed by atoms with Crippen LogP contribution in [0.25, 0.3) is 0 Å². The Morgan fingerprint density at radius 3 is 2.75 bits per heavy atom. The van der Waals surface area contributed by atoms with Crippen molar-refractivity contribution >= 4 is 17.7 Å². The quantitative estimate of drug-likeness (QED) is 0.836. The van der Waals surface area contributed by atoms with Crippen molar-refractivity contribution in [2.45, 2.75) is 45.3 Å². The summed E-state index contributed by atoms with van der Waals surface area (Å²) in [5.74, 6) is 1.88. The van der Waals surface area contributed by atoms with Gasteiger partial charge in [-0.05, 0) is 43.9 Å². The van der Waals surface area contributed by atoms with Crippen molar-refractivity contribution in [2.75, 3.05) is 24.6 Å². The van der Waals surface area contributed by atoms with E-state index in [4.69, 9.17) is 5.10 Å². The fraction of sp³-hybridized carbons (Fsp3) is 0.524. The third-order valence-corrected chi connectivity index (χ3v) is 6.60. The van der Waals surface area contributed by atoms with Crippen molar-refractivity contribution in [2.24, 2.45) is 0 Å². The fourth-order valence-corrected chi connectivity index (χ4v) is 4.98. The van der Waals surface area contributed by atoms with Gasteiger partial charge in [-0.3, -0.25) is 9.48 Å². The van der Waals surface area contributed by atoms with E-state index >= 15 is 0 Å². The molecule has 1 atom stereocenters. The maximum Gasteiger partial charge on any atom is 0.274 e. The molecule has 0 radical (unpaired) electrons. The molecule has 0 bridgehead atoms. The lowest BCUT2D eigenvalue weighted by Gasteiger charge is -2.27. The van der Waals surface area contributed by atoms with Crippen LogP contribution in [0.15, 0.2) is 24.3 Å². The van der Waals surface area contributed by atoms with E-state index in [1.165, 1.54) is 17.8 Å². The van der Waals surface area contributed by atoms with Crippen LogP contribution in [0.2, 0.25) is 0 Å². The number of carbonyl (C=O) groups excluding carboxylic acids is 1. The normalized spacial score (nSPS) is 19.5. The summed E-state index contributed by atoms with van der Waals surface area (Å²) in [5.41, 5.74) is 4.06. The number of carbonyl (C=O) groups is 1. The Morgan fingerprint density at radius 2 is 2.04 bits per heavy atom. The van der Waals surface area contributed by atoms with Crippen molar-refractivity contribution in [3.05, 3.63) is 52.6 Å². The van der Waals surface area contributed by atoms with Crippen LogP contribution in [0, 0.1) is 5.82 Å². The largest absolute Gasteiger partial charge is 0.336 e. The molecule has 28 heavy (non-hydrogen) atoms. The molecule has 1 fully saturated rings. The van der Waals surface area contributed by atoms with Crippen LogP contribution in [0.3, 0.4) is 0 Å². The van der Waals surface area contributed by atoms with E-state index in [0.717, 1.165) is 61.5 Å². The molecule has 1 aromatic heterocycles. The molecule has 7 heteroatoms. The Morgan fingerprint density at radius 1 is 1.29 bits per heavy atom. The summed E-state index contributed by atoms with van der Waals surface area (Å²) in [5, 5.41) is 8.28. The van der Waals surface area contributed by atoms with Gasteiger partial charge >= 0.3 is 0 Å². The Balaban J connectivity index is 1.49. The van der Waals surface area contributed by atoms with E-state index < -0.39 is 0 Å². The Bertz CT molecular complexity index is 830. The molecule has 1 N–H and O–H groups in total. The number of hydrogen-bond donors (Lipinski definition) is 1. The summed E-state index contributed by atoms with van der Waals surface area (Å²) in [7, 11) is 0. The van der Waals surface area contributed by atoms with Gasteiger partial charge in [-0.2, -0.15) is 16.9 Å². The van der Waals surface area contributed by atoms with Gasteiger partial charge in [0.25, 0.3) is 5.91 Å². The second-order valence-corrected chi connectivity index (χ2v) is 8.67. The SMILES string of the molecule is CCn1nc(C(=O)N2CCSCC2)c2c1CC[C@H](NCc1ccc(F)cc1)C2. The number of hydrogen-bond acceptors (Lipinski definition) is 4. The van der Waals surface area contributed by atoms with Crippen LogP contribution in [0.5, 0.6) is 0 Å². The molecule has 2 aliphatic rings. The number of nitrogens with zero attached hydrogens (tertiary/aromatic N) is 3. The number of aryl methyl sites for hydroxylation is 1. The highest BCUT2D eigenvalue weighted by Crippen LogP contribution is 2.27. The van der Waals surface area contributed by atoms with E-state index in [0.29, 0.717) is 18.3 Å². The molecule has 4 rings (SSSR count). The monoisotopic (exact) mass is 402 g/mol. The number of benzene rings is 1. The van der Waals surface area contributed by atoms with Crippen LogP contribution >= 0.6 is 11.8 Å². The van der Waals surface area contributed by atoms with Gasteiger partial charge in [-0.1, -0.05) is 12.1 Å². The third-order valence-electron chi connectivity index (χ3n) is 5.66. The van der Waals surface area contributed by atoms with E-state index in [1.807, 2.05) is 33.5 Å². The average molecular weight is 403 g/mol. The molecule has 150 valence electrons. The molecule has 0 spiro atoms. The van der Waals surface area contributed by atoms with Gasteiger partial charge in [0.1, 0.15) is 5.82 Å². The molecule has 2 heterocycles. The minimum atomic E-state index is -0.211. The van der Waals surface area contributed by atoms with Crippen molar-refractivity contribution in [3.63, 3.8) is 0 Å². The summed E-state index contributed by atoms with van der Waals surface area (Å²) in [6.45, 7) is 5.19. The van der Waals surface area contributed by atoms with Crippen LogP contribution in [-0.4, -0.2) is 51.2 Å². The maximum atomic E-state index is 13.1. The van der Waals surface area contributed by atoms with Crippen molar-refractivity contribution in [1.29, 1.82) is 0 Å². The molecule has 5 nitrogen and oxygen atoms in total. The molecular formula is C21H27FN4OS. The van der Waals surface area contributed by atoms with E-state index in [1.54, 1.807) is 0 Å². The molecule has 2 aromatic rings. The first-order valence-corrected chi connectivity index (χ1v) is 11.2. The predicted octanol–water partition coefficient (Wildman–Crippen LogP) is 2.88. The zero-order chi connectivity index (χ0) is 19.5. The molecule has 1 amide bonds. The molecule has 1 aliphatic carbocycles. The summed E-state index contributed by atoms with van der Waals surface area (Å²) >= 11 is 1.90. The lowest BCUT2D eigenvalue weighted by molar-refractivity contribution is 0.0764. The second-order valence-electron chi connectivity index (χ2n) is 7.44. The highest BCUT2D eigenvalue weighted by molar-refractivity contribution is 7.99. The van der Waals surface area contributed by atoms with E-state index in [2.05, 4.69) is 12.2 Å². The number of nitrogens with one attached hydrogen (secondary N) is 1. The molecule has 1 aliphatic heterocycles. The Hall–Kier alpha value is -1.86. The molecule has 0 unspecified atom stereocenters. The lowest BCUT2D eigenvalue weighted by Crippen LogP contribution is -2.39. The molecule has 1 aromatic carbocycles. The highest BCUT2D eigenvalue weighted by Gasteiger charge is 2.31. The summed E-state index contributed by atoms with van der Waals surface area (Å²) in [6, 6.07) is 6.92. The first kappa shape index (κ1) is 19.5. The Labute approximate surface area is 169 Å². The number of amides is 1. The van der Waals surface area contributed by atoms with Gasteiger partial charge in [0.15, 0.2) is 5.69 Å². The Kier molecular flexibility index (Phi) is 6.01. The summed E-state index contributed by atoms with van der Waals surface area (Å²) in [6.07, 6.45) is 2.77. The zero-order valence-electron chi connectivity index (χ0n) is 16.3. The van der Waals surface area contributed by atoms with Gasteiger partial charge in [0.2, 0.25) is 0 Å². The first-order valence-electron chi connectivity index (χ1n) is 10.1. The molecular weight excluding hydrogens is 375 g/mol. The van der Waals surface area contributed by atoms with E-state index in [-0.39, 0.29) is 11.7 Å². The summed E-state index contributed by atoms with van der Waals surface area (Å²) in [4.78, 5) is 15.1. The molecule has 1 saturated heterocycles. The predicted molar refractivity (Wildman–Crippen MR) is 110 cm³/mol. The number of aromatic nitrogens is 2. The number of fused-ring (bicyclic) bond motifs is 1. The third kappa shape index (κ3) is 4.10. The number of rotatable bonds is 5. The van der Waals surface area contributed by atoms with Gasteiger partial charge in [-0.15, -0.1) is 0 Å². The van der Waals surface area contributed by atoms with Crippen molar-refractivity contribution in [1.82, 2.24) is 20.0 Å². The van der Waals surface area contributed by atoms with Crippen molar-refractivity contribution < 1.29 is 9.18 Å². The topological polar surface area (TPSA) is 50.2 Å². The zero-order valence-corrected chi connectivity index (χ0v) is 17.1. The average Bonchev–Trinajstić information content (AvgIpc) is 3.11. The van der Waals surface area contributed by atoms with Crippen molar-refractivity contribution in [3.8, 4) is 0 Å². The van der Waals surface area contributed by atoms with Crippen LogP contribution < -0.4 is 5.32 Å². The van der Waals surface area contributed by atoms with Gasteiger partial charge < -0.3 is 10.2 Å². The minimum Gasteiger partial charge on any atom is -0.336 e. The van der Waals surface area contributed by atoms with E-state index in [9.17, 15) is 9.18 Å². The van der Waals surface area contributed by atoms with Gasteiger partial charge in [0.05, 0.1) is 0 Å². The van der Waals surface area contributed by atoms with Crippen LogP contribution in [-0.2, 0) is 25.9 Å². The summed E-state index contributed by atoms with van der Waals surface area (Å²) < 4.78 is 15.1. The van der Waals surface area contributed by atoms with Gasteiger partial charge in [-0.25, -0.2) is 4.39 Å². The first-order chi connectivity index (χ1) is 13.7. The smallest absolute Gasteiger partial charge is 0.274 e. The molecule has 0 saturated carbocycles. The van der Waals surface area contributed by atoms with Crippen LogP contribution in [0.1, 0.15) is 40.7 Å². The second kappa shape index (κ2) is 8.66. The van der Waals surface area contributed by atoms with Gasteiger partial charge in [0, 0.05) is 55.0 Å². The minimum absolute atomic E-state index is 0.0861. The number of thioether (sulfide) groups is 1. The maximum absolute atomic E-state index is 13.1. The standard InChI is InChI=1S/C21H27FN4OS/c1-2-26-19-8-7-17(23-14-15-3-5-16(22)6-4-15)13-18(19)20(24-26)21(27)25-9-11-28-12-10-25/h3-6,17,23H,2,7-14H2,1H3/t17-/m0/s1. The highest BCUT2D eigenvalue weighted by atomic mass is 32.2. The van der Waals surface area contributed by atoms with Crippen LogP contribution in [0.4, 0.5) is 4.39 Å².